The molecular formula is C23H20FN7O2. The molecule has 0 fully saturated rings. The highest BCUT2D eigenvalue weighted by Gasteiger charge is 2.32. The van der Waals surface area contributed by atoms with Gasteiger partial charge in [0, 0.05) is 29.8 Å². The minimum absolute atomic E-state index is 0.0841. The van der Waals surface area contributed by atoms with E-state index in [0.717, 1.165) is 16.8 Å². The number of hydrogen-bond donors (Lipinski definition) is 1. The van der Waals surface area contributed by atoms with E-state index in [-0.39, 0.29) is 17.1 Å². The number of pyridine rings is 1. The number of ether oxygens (including phenoxy) is 1. The number of aromatic nitrogens is 5. The number of halogens is 1. The summed E-state index contributed by atoms with van der Waals surface area (Å²) in [5, 5.41) is 4.45. The Morgan fingerprint density at radius 3 is 2.76 bits per heavy atom. The van der Waals surface area contributed by atoms with Gasteiger partial charge in [-0.3, -0.25) is 9.78 Å². The van der Waals surface area contributed by atoms with Crippen LogP contribution in [0.3, 0.4) is 0 Å². The minimum Gasteiger partial charge on any atom is -0.463 e. The first kappa shape index (κ1) is 20.6. The number of nitrogens with zero attached hydrogens (tertiary/aromatic N) is 6. The van der Waals surface area contributed by atoms with Crippen molar-refractivity contribution in [3.63, 3.8) is 0 Å². The van der Waals surface area contributed by atoms with Gasteiger partial charge in [-0.2, -0.15) is 4.98 Å². The summed E-state index contributed by atoms with van der Waals surface area (Å²) < 4.78 is 21.9. The molecule has 10 heteroatoms. The lowest BCUT2D eigenvalue weighted by Gasteiger charge is -2.24. The molecule has 1 aliphatic heterocycles. The van der Waals surface area contributed by atoms with E-state index < -0.39 is 18.0 Å². The van der Waals surface area contributed by atoms with Crippen molar-refractivity contribution in [2.45, 2.75) is 27.0 Å². The van der Waals surface area contributed by atoms with Gasteiger partial charge in [0.1, 0.15) is 5.82 Å². The van der Waals surface area contributed by atoms with E-state index in [1.54, 1.807) is 49.5 Å². The van der Waals surface area contributed by atoms with Crippen LogP contribution in [0.4, 0.5) is 10.1 Å². The fourth-order valence-electron chi connectivity index (χ4n) is 3.97. The number of nitrogens with two attached hydrogens (primary N) is 1. The molecule has 33 heavy (non-hydrogen) atoms. The second-order valence-corrected chi connectivity index (χ2v) is 7.72. The molecule has 0 spiro atoms. The molecule has 1 aliphatic rings. The zero-order valence-corrected chi connectivity index (χ0v) is 18.2. The third kappa shape index (κ3) is 3.45. The molecule has 166 valence electrons. The number of amides is 1. The summed E-state index contributed by atoms with van der Waals surface area (Å²) in [7, 11) is 0. The highest BCUT2D eigenvalue weighted by atomic mass is 19.1. The number of carbonyl (C=O) groups is 1. The van der Waals surface area contributed by atoms with Crippen molar-refractivity contribution < 1.29 is 13.9 Å². The maximum absolute atomic E-state index is 14.8. The Morgan fingerprint density at radius 1 is 1.21 bits per heavy atom. The summed E-state index contributed by atoms with van der Waals surface area (Å²) >= 11 is 0. The van der Waals surface area contributed by atoms with Gasteiger partial charge in [0.15, 0.2) is 12.1 Å². The Hall–Kier alpha value is -4.34. The molecule has 1 atom stereocenters. The molecule has 5 rings (SSSR count). The Labute approximate surface area is 188 Å². The van der Waals surface area contributed by atoms with Crippen molar-refractivity contribution in [1.82, 2.24) is 24.6 Å². The van der Waals surface area contributed by atoms with Gasteiger partial charge in [-0.1, -0.05) is 6.07 Å². The van der Waals surface area contributed by atoms with Gasteiger partial charge in [0.05, 0.1) is 17.0 Å². The largest absolute Gasteiger partial charge is 0.463 e. The lowest BCUT2D eigenvalue weighted by molar-refractivity contribution is -0.118. The van der Waals surface area contributed by atoms with Gasteiger partial charge in [0.2, 0.25) is 5.76 Å². The summed E-state index contributed by atoms with van der Waals surface area (Å²) in [4.78, 5) is 26.6. The van der Waals surface area contributed by atoms with Crippen molar-refractivity contribution in [2.75, 3.05) is 4.90 Å². The van der Waals surface area contributed by atoms with Gasteiger partial charge in [0.25, 0.3) is 11.7 Å². The molecule has 1 unspecified atom stereocenters. The van der Waals surface area contributed by atoms with Crippen LogP contribution in [-0.2, 0) is 9.53 Å². The predicted octanol–water partition coefficient (Wildman–Crippen LogP) is 3.20. The number of allylic oxidation sites excluding steroid dienone is 1. The van der Waals surface area contributed by atoms with Crippen LogP contribution in [-0.4, -0.2) is 36.7 Å². The van der Waals surface area contributed by atoms with E-state index in [1.165, 1.54) is 10.6 Å². The third-order valence-electron chi connectivity index (χ3n) is 5.51. The zero-order valence-electron chi connectivity index (χ0n) is 18.2. The van der Waals surface area contributed by atoms with Crippen LogP contribution in [0, 0.1) is 12.7 Å². The van der Waals surface area contributed by atoms with Crippen LogP contribution >= 0.6 is 0 Å². The monoisotopic (exact) mass is 445 g/mol. The van der Waals surface area contributed by atoms with Gasteiger partial charge < -0.3 is 15.4 Å². The van der Waals surface area contributed by atoms with Gasteiger partial charge >= 0.3 is 0 Å². The highest BCUT2D eigenvalue weighted by molar-refractivity contribution is 5.92. The lowest BCUT2D eigenvalue weighted by Crippen LogP contribution is -2.27. The van der Waals surface area contributed by atoms with Crippen LogP contribution in [0.1, 0.15) is 19.4 Å². The van der Waals surface area contributed by atoms with Crippen molar-refractivity contribution in [1.29, 1.82) is 0 Å². The zero-order chi connectivity index (χ0) is 23.3. The second kappa shape index (κ2) is 7.66. The minimum atomic E-state index is -0.656. The smallest absolute Gasteiger partial charge is 0.285 e. The fourth-order valence-corrected chi connectivity index (χ4v) is 3.97. The summed E-state index contributed by atoms with van der Waals surface area (Å²) in [5.74, 6) is -0.546. The van der Waals surface area contributed by atoms with E-state index in [4.69, 9.17) is 10.5 Å². The number of hydrogen-bond acceptors (Lipinski definition) is 7. The summed E-state index contributed by atoms with van der Waals surface area (Å²) in [6, 6.07) is 8.37. The van der Waals surface area contributed by atoms with E-state index in [2.05, 4.69) is 20.1 Å². The Balaban J connectivity index is 1.57. The maximum atomic E-state index is 14.8. The van der Waals surface area contributed by atoms with Crippen LogP contribution in [0.15, 0.2) is 60.4 Å². The molecule has 0 bridgehead atoms. The summed E-state index contributed by atoms with van der Waals surface area (Å²) in [6.45, 7) is 5.46. The molecule has 0 saturated heterocycles. The Morgan fingerprint density at radius 2 is 2.03 bits per heavy atom. The average Bonchev–Trinajstić information content (AvgIpc) is 3.34. The maximum Gasteiger partial charge on any atom is 0.285 e. The molecule has 3 aromatic heterocycles. The van der Waals surface area contributed by atoms with E-state index in [9.17, 15) is 9.18 Å². The molecule has 2 N–H and O–H groups in total. The third-order valence-corrected chi connectivity index (χ3v) is 5.51. The number of aryl methyl sites for hydroxylation is 1. The van der Waals surface area contributed by atoms with Gasteiger partial charge in [-0.05, 0) is 50.6 Å². The number of anilines is 1. The predicted molar refractivity (Wildman–Crippen MR) is 119 cm³/mol. The Kier molecular flexibility index (Phi) is 4.77. The van der Waals surface area contributed by atoms with Crippen LogP contribution in [0.5, 0.6) is 0 Å². The summed E-state index contributed by atoms with van der Waals surface area (Å²) in [5.41, 5.74) is 9.31. The van der Waals surface area contributed by atoms with Gasteiger partial charge in [-0.25, -0.2) is 13.9 Å². The molecule has 0 saturated carbocycles. The number of rotatable bonds is 4. The molecule has 1 amide bonds. The van der Waals surface area contributed by atoms with Crippen LogP contribution in [0.25, 0.3) is 28.4 Å². The first-order valence-electron chi connectivity index (χ1n) is 10.2. The molecule has 9 nitrogen and oxygen atoms in total. The van der Waals surface area contributed by atoms with Crippen molar-refractivity contribution in [3.8, 4) is 22.6 Å². The van der Waals surface area contributed by atoms with Crippen molar-refractivity contribution in [2.24, 2.45) is 5.73 Å². The van der Waals surface area contributed by atoms with E-state index >= 15 is 0 Å². The van der Waals surface area contributed by atoms with Crippen molar-refractivity contribution >= 4 is 17.4 Å². The van der Waals surface area contributed by atoms with Crippen molar-refractivity contribution in [3.05, 3.63) is 71.8 Å². The first-order valence-corrected chi connectivity index (χ1v) is 10.2. The first-order chi connectivity index (χ1) is 15.8. The van der Waals surface area contributed by atoms with Crippen LogP contribution in [0.2, 0.25) is 0 Å². The highest BCUT2D eigenvalue weighted by Crippen LogP contribution is 2.34. The van der Waals surface area contributed by atoms with Gasteiger partial charge in [-0.15, -0.1) is 5.10 Å². The summed E-state index contributed by atoms with van der Waals surface area (Å²) in [6.07, 6.45) is 4.66. The number of primary amides is 1. The number of fused-ring (bicyclic) bond motifs is 1. The van der Waals surface area contributed by atoms with E-state index in [0.29, 0.717) is 17.2 Å². The SMILES string of the molecule is CC1=C(C(N)=O)OC(C)N1c1ccc(F)c(-c2nc3ncc(-c4ncccc4C)cn3n2)c1. The molecule has 0 aliphatic carbocycles. The molecular weight excluding hydrogens is 425 g/mol. The molecule has 4 aromatic rings. The number of carbonyl (C=O) groups excluding carboxylic acids is 1. The average molecular weight is 445 g/mol. The Bertz CT molecular complexity index is 1450. The quantitative estimate of drug-likeness (QED) is 0.513. The molecule has 0 radical (unpaired) electrons. The number of benzene rings is 1. The molecule has 4 heterocycles. The standard InChI is InChI=1S/C23H20FN7O2/c1-12-5-4-8-26-19(12)15-10-27-23-28-22(29-30(23)11-15)17-9-16(6-7-18(17)24)31-13(2)20(21(25)32)33-14(31)3/h4-11,14H,1-3H3,(H2,25,32). The molecule has 1 aromatic carbocycles. The normalized spacial score (nSPS) is 15.9. The fraction of sp³-hybridized carbons (Fsp3) is 0.174. The topological polar surface area (TPSA) is 112 Å². The van der Waals surface area contributed by atoms with E-state index in [1.807, 2.05) is 19.1 Å². The lowest BCUT2D eigenvalue weighted by atomic mass is 10.1. The second-order valence-electron chi connectivity index (χ2n) is 7.72. The van der Waals surface area contributed by atoms with Crippen LogP contribution < -0.4 is 10.6 Å².